The fraction of sp³-hybridized carbons (Fsp3) is 0.167. The van der Waals surface area contributed by atoms with Crippen molar-refractivity contribution in [3.63, 3.8) is 0 Å². The van der Waals surface area contributed by atoms with E-state index in [-0.39, 0.29) is 4.90 Å². The number of rotatable bonds is 10. The van der Waals surface area contributed by atoms with Gasteiger partial charge in [0.05, 0.1) is 17.7 Å². The van der Waals surface area contributed by atoms with E-state index in [4.69, 9.17) is 16.3 Å². The number of hydrazone groups is 1. The number of nitrogens with one attached hydrogen (secondary N) is 2. The Balaban J connectivity index is 1.54. The van der Waals surface area contributed by atoms with E-state index >= 15 is 0 Å². The number of unbranched alkanes of at least 4 members (excludes halogenated alkanes) is 1. The predicted molar refractivity (Wildman–Crippen MR) is 131 cm³/mol. The SMILES string of the molecule is CCCCOc1ccc(C=NNC(=O)c2ccc(NS(=O)(=O)c3ccc(Cl)cc3)cc2)cc1. The van der Waals surface area contributed by atoms with Gasteiger partial charge >= 0.3 is 0 Å². The average molecular weight is 486 g/mol. The molecule has 172 valence electrons. The summed E-state index contributed by atoms with van der Waals surface area (Å²) in [6.07, 6.45) is 3.61. The molecule has 0 radical (unpaired) electrons. The highest BCUT2D eigenvalue weighted by atomic mass is 35.5. The number of hydrogen-bond donors (Lipinski definition) is 2. The molecule has 3 aromatic carbocycles. The number of anilines is 1. The lowest BCUT2D eigenvalue weighted by atomic mass is 10.2. The van der Waals surface area contributed by atoms with Crippen LogP contribution in [-0.4, -0.2) is 27.1 Å². The van der Waals surface area contributed by atoms with Gasteiger partial charge in [-0.1, -0.05) is 24.9 Å². The van der Waals surface area contributed by atoms with Gasteiger partial charge in [0.15, 0.2) is 0 Å². The second-order valence-electron chi connectivity index (χ2n) is 7.11. The van der Waals surface area contributed by atoms with Crippen molar-refractivity contribution in [3.05, 3.63) is 88.9 Å². The van der Waals surface area contributed by atoms with Crippen LogP contribution in [0.2, 0.25) is 5.02 Å². The van der Waals surface area contributed by atoms with E-state index in [0.29, 0.717) is 22.9 Å². The first-order valence-corrected chi connectivity index (χ1v) is 12.2. The van der Waals surface area contributed by atoms with E-state index in [9.17, 15) is 13.2 Å². The minimum atomic E-state index is -3.76. The molecule has 33 heavy (non-hydrogen) atoms. The summed E-state index contributed by atoms with van der Waals surface area (Å²) in [5, 5.41) is 4.41. The number of benzene rings is 3. The van der Waals surface area contributed by atoms with Crippen molar-refractivity contribution in [2.75, 3.05) is 11.3 Å². The molecule has 0 saturated heterocycles. The number of hydrogen-bond acceptors (Lipinski definition) is 5. The summed E-state index contributed by atoms with van der Waals surface area (Å²) < 4.78 is 32.9. The number of ether oxygens (including phenoxy) is 1. The van der Waals surface area contributed by atoms with Crippen molar-refractivity contribution in [1.82, 2.24) is 5.43 Å². The van der Waals surface area contributed by atoms with Crippen LogP contribution < -0.4 is 14.9 Å². The smallest absolute Gasteiger partial charge is 0.271 e. The van der Waals surface area contributed by atoms with Gasteiger partial charge in [-0.05, 0) is 84.8 Å². The summed E-state index contributed by atoms with van der Waals surface area (Å²) >= 11 is 5.80. The van der Waals surface area contributed by atoms with Crippen molar-refractivity contribution in [2.45, 2.75) is 24.7 Å². The van der Waals surface area contributed by atoms with E-state index in [1.54, 1.807) is 0 Å². The van der Waals surface area contributed by atoms with Gasteiger partial charge in [0.1, 0.15) is 5.75 Å². The Morgan fingerprint density at radius 2 is 1.67 bits per heavy atom. The third-order valence-electron chi connectivity index (χ3n) is 4.55. The number of sulfonamides is 1. The van der Waals surface area contributed by atoms with Crippen LogP contribution in [0, 0.1) is 0 Å². The first-order chi connectivity index (χ1) is 15.9. The van der Waals surface area contributed by atoms with E-state index < -0.39 is 15.9 Å². The molecule has 0 saturated carbocycles. The van der Waals surface area contributed by atoms with Gasteiger partial charge in [0.2, 0.25) is 0 Å². The maximum atomic E-state index is 12.4. The summed E-state index contributed by atoms with van der Waals surface area (Å²) in [5.74, 6) is 0.370. The van der Waals surface area contributed by atoms with Gasteiger partial charge in [0, 0.05) is 16.3 Å². The minimum Gasteiger partial charge on any atom is -0.494 e. The molecule has 0 unspecified atom stereocenters. The lowest BCUT2D eigenvalue weighted by molar-refractivity contribution is 0.0955. The van der Waals surface area contributed by atoms with Crippen molar-refractivity contribution in [2.24, 2.45) is 5.10 Å². The monoisotopic (exact) mass is 485 g/mol. The van der Waals surface area contributed by atoms with Crippen molar-refractivity contribution < 1.29 is 17.9 Å². The van der Waals surface area contributed by atoms with Gasteiger partial charge in [-0.25, -0.2) is 13.8 Å². The van der Waals surface area contributed by atoms with Crippen LogP contribution in [0.1, 0.15) is 35.7 Å². The topological polar surface area (TPSA) is 96.9 Å². The Morgan fingerprint density at radius 1 is 1.00 bits per heavy atom. The first-order valence-electron chi connectivity index (χ1n) is 10.3. The summed E-state index contributed by atoms with van der Waals surface area (Å²) in [7, 11) is -3.76. The van der Waals surface area contributed by atoms with Crippen LogP contribution in [-0.2, 0) is 10.0 Å². The van der Waals surface area contributed by atoms with E-state index in [1.165, 1.54) is 54.7 Å². The van der Waals surface area contributed by atoms with Crippen LogP contribution in [0.25, 0.3) is 0 Å². The lowest BCUT2D eigenvalue weighted by Crippen LogP contribution is -2.18. The molecule has 7 nitrogen and oxygen atoms in total. The minimum absolute atomic E-state index is 0.0867. The van der Waals surface area contributed by atoms with Crippen LogP contribution in [0.3, 0.4) is 0 Å². The predicted octanol–water partition coefficient (Wildman–Crippen LogP) is 5.08. The maximum Gasteiger partial charge on any atom is 0.271 e. The average Bonchev–Trinajstić information content (AvgIpc) is 2.81. The normalized spacial score (nSPS) is 11.3. The molecule has 0 atom stereocenters. The van der Waals surface area contributed by atoms with Crippen molar-refractivity contribution in [1.29, 1.82) is 0 Å². The zero-order valence-corrected chi connectivity index (χ0v) is 19.6. The Morgan fingerprint density at radius 3 is 2.30 bits per heavy atom. The van der Waals surface area contributed by atoms with Gasteiger partial charge in [-0.2, -0.15) is 5.10 Å². The lowest BCUT2D eigenvalue weighted by Gasteiger charge is -2.09. The second kappa shape index (κ2) is 11.5. The van der Waals surface area contributed by atoms with Gasteiger partial charge in [-0.15, -0.1) is 0 Å². The third-order valence-corrected chi connectivity index (χ3v) is 6.20. The Bertz CT molecular complexity index is 1190. The highest BCUT2D eigenvalue weighted by Crippen LogP contribution is 2.19. The molecule has 0 fully saturated rings. The zero-order chi connectivity index (χ0) is 23.7. The molecule has 0 aliphatic carbocycles. The fourth-order valence-corrected chi connectivity index (χ4v) is 3.92. The van der Waals surface area contributed by atoms with Crippen LogP contribution in [0.15, 0.2) is 82.8 Å². The zero-order valence-electron chi connectivity index (χ0n) is 18.0. The molecule has 0 bridgehead atoms. The molecular formula is C24H24ClN3O4S. The summed E-state index contributed by atoms with van der Waals surface area (Å²) in [4.78, 5) is 12.4. The van der Waals surface area contributed by atoms with Crippen molar-refractivity contribution in [3.8, 4) is 5.75 Å². The number of carbonyl (C=O) groups is 1. The van der Waals surface area contributed by atoms with Gasteiger partial charge in [-0.3, -0.25) is 9.52 Å². The number of carbonyl (C=O) groups excluding carboxylic acids is 1. The highest BCUT2D eigenvalue weighted by Gasteiger charge is 2.14. The number of nitrogens with zero attached hydrogens (tertiary/aromatic N) is 1. The Kier molecular flexibility index (Phi) is 8.46. The van der Waals surface area contributed by atoms with Crippen LogP contribution in [0.4, 0.5) is 5.69 Å². The molecule has 0 aromatic heterocycles. The summed E-state index contributed by atoms with van der Waals surface area (Å²) in [5.41, 5.74) is 3.92. The number of amides is 1. The molecule has 0 aliphatic rings. The Hall–Kier alpha value is -3.36. The molecular weight excluding hydrogens is 462 g/mol. The van der Waals surface area contributed by atoms with E-state index in [0.717, 1.165) is 24.2 Å². The molecule has 3 aromatic rings. The quantitative estimate of drug-likeness (QED) is 0.237. The molecule has 0 aliphatic heterocycles. The first kappa shape index (κ1) is 24.3. The van der Waals surface area contributed by atoms with Gasteiger partial charge in [0.25, 0.3) is 15.9 Å². The number of halogens is 1. The second-order valence-corrected chi connectivity index (χ2v) is 9.23. The third kappa shape index (κ3) is 7.34. The van der Waals surface area contributed by atoms with Crippen LogP contribution in [0.5, 0.6) is 5.75 Å². The fourth-order valence-electron chi connectivity index (χ4n) is 2.73. The molecule has 9 heteroatoms. The van der Waals surface area contributed by atoms with E-state index in [2.05, 4.69) is 22.2 Å². The van der Waals surface area contributed by atoms with Crippen LogP contribution >= 0.6 is 11.6 Å². The Labute approximate surface area is 198 Å². The highest BCUT2D eigenvalue weighted by molar-refractivity contribution is 7.92. The molecule has 1 amide bonds. The van der Waals surface area contributed by atoms with Crippen molar-refractivity contribution >= 4 is 39.4 Å². The van der Waals surface area contributed by atoms with Gasteiger partial charge < -0.3 is 4.74 Å². The standard InChI is InChI=1S/C24H24ClN3O4S/c1-2-3-16-32-22-12-4-18(5-13-22)17-26-27-24(29)19-6-10-21(11-7-19)28-33(30,31)23-14-8-20(25)9-15-23/h4-15,17,28H,2-3,16H2,1H3,(H,27,29). The summed E-state index contributed by atoms with van der Waals surface area (Å²) in [6, 6.07) is 19.2. The molecule has 2 N–H and O–H groups in total. The summed E-state index contributed by atoms with van der Waals surface area (Å²) in [6.45, 7) is 2.79. The molecule has 0 spiro atoms. The molecule has 0 heterocycles. The largest absolute Gasteiger partial charge is 0.494 e. The maximum absolute atomic E-state index is 12.4. The van der Waals surface area contributed by atoms with E-state index in [1.807, 2.05) is 24.3 Å². The molecule has 3 rings (SSSR count).